The predicted molar refractivity (Wildman–Crippen MR) is 98.6 cm³/mol. The summed E-state index contributed by atoms with van der Waals surface area (Å²) in [5.41, 5.74) is -0.0315. The Bertz CT molecular complexity index is 669. The zero-order valence-electron chi connectivity index (χ0n) is 15.1. The first-order valence-corrected chi connectivity index (χ1v) is 9.07. The molecule has 2 aromatic rings. The molecule has 24 heavy (non-hydrogen) atoms. The molecule has 0 atom stereocenters. The van der Waals surface area contributed by atoms with E-state index in [9.17, 15) is 0 Å². The fourth-order valence-electron chi connectivity index (χ4n) is 2.03. The van der Waals surface area contributed by atoms with E-state index in [-0.39, 0.29) is 5.41 Å². The minimum atomic E-state index is -0.0315. The number of oxazole rings is 1. The highest BCUT2D eigenvalue weighted by Crippen LogP contribution is 2.22. The molecule has 0 aromatic carbocycles. The van der Waals surface area contributed by atoms with Gasteiger partial charge in [-0.05, 0) is 6.42 Å². The first-order chi connectivity index (χ1) is 11.4. The number of hydrogen-bond donors (Lipinski definition) is 2. The lowest BCUT2D eigenvalue weighted by Crippen LogP contribution is -2.37. The Kier molecular flexibility index (Phi) is 6.36. The van der Waals surface area contributed by atoms with Crippen molar-refractivity contribution in [1.82, 2.24) is 20.6 Å². The molecule has 0 aliphatic heterocycles. The molecular weight excluding hydrogens is 322 g/mol. The zero-order valence-corrected chi connectivity index (χ0v) is 16.0. The molecule has 0 amide bonds. The second kappa shape index (κ2) is 8.28. The number of nitrogens with zero attached hydrogens (tertiary/aromatic N) is 3. The molecule has 0 fully saturated rings. The minimum absolute atomic E-state index is 0.0315. The SMILES string of the molecule is CCc1cnc(CCNC(=NC)NCc2ncc(C(C)(C)C)o2)s1. The maximum absolute atomic E-state index is 5.77. The molecule has 0 saturated heterocycles. The first-order valence-electron chi connectivity index (χ1n) is 8.25. The normalized spacial score (nSPS) is 12.5. The summed E-state index contributed by atoms with van der Waals surface area (Å²) in [6.07, 6.45) is 5.68. The highest BCUT2D eigenvalue weighted by molar-refractivity contribution is 7.11. The van der Waals surface area contributed by atoms with Crippen LogP contribution in [0, 0.1) is 0 Å². The van der Waals surface area contributed by atoms with Gasteiger partial charge in [-0.2, -0.15) is 0 Å². The quantitative estimate of drug-likeness (QED) is 0.619. The van der Waals surface area contributed by atoms with Crippen LogP contribution in [0.5, 0.6) is 0 Å². The molecule has 2 N–H and O–H groups in total. The lowest BCUT2D eigenvalue weighted by Gasteiger charge is -2.13. The molecule has 0 radical (unpaired) electrons. The number of hydrogen-bond acceptors (Lipinski definition) is 5. The van der Waals surface area contributed by atoms with E-state index in [1.165, 1.54) is 4.88 Å². The second-order valence-corrected chi connectivity index (χ2v) is 7.74. The predicted octanol–water partition coefficient (Wildman–Crippen LogP) is 2.90. The van der Waals surface area contributed by atoms with E-state index < -0.39 is 0 Å². The van der Waals surface area contributed by atoms with Crippen molar-refractivity contribution in [3.8, 4) is 0 Å². The van der Waals surface area contributed by atoms with E-state index in [1.807, 2.05) is 6.20 Å². The summed E-state index contributed by atoms with van der Waals surface area (Å²) in [6, 6.07) is 0. The van der Waals surface area contributed by atoms with Crippen LogP contribution in [0.4, 0.5) is 0 Å². The summed E-state index contributed by atoms with van der Waals surface area (Å²) in [6.45, 7) is 9.76. The topological polar surface area (TPSA) is 75.3 Å². The van der Waals surface area contributed by atoms with Crippen LogP contribution in [-0.4, -0.2) is 29.5 Å². The Balaban J connectivity index is 1.77. The molecule has 0 saturated carbocycles. The molecule has 7 heteroatoms. The molecule has 2 aromatic heterocycles. The molecule has 0 aliphatic rings. The lowest BCUT2D eigenvalue weighted by molar-refractivity contribution is 0.379. The highest BCUT2D eigenvalue weighted by Gasteiger charge is 2.19. The molecule has 0 unspecified atom stereocenters. The Hall–Kier alpha value is -1.89. The van der Waals surface area contributed by atoms with Crippen molar-refractivity contribution < 1.29 is 4.42 Å². The van der Waals surface area contributed by atoms with Crippen molar-refractivity contribution in [2.75, 3.05) is 13.6 Å². The molecule has 2 rings (SSSR count). The maximum atomic E-state index is 5.77. The van der Waals surface area contributed by atoms with Crippen LogP contribution in [0.25, 0.3) is 0 Å². The van der Waals surface area contributed by atoms with Crippen molar-refractivity contribution in [2.45, 2.75) is 52.5 Å². The van der Waals surface area contributed by atoms with Gasteiger partial charge < -0.3 is 15.1 Å². The summed E-state index contributed by atoms with van der Waals surface area (Å²) in [4.78, 5) is 14.3. The second-order valence-electron chi connectivity index (χ2n) is 6.54. The third-order valence-corrected chi connectivity index (χ3v) is 4.71. The van der Waals surface area contributed by atoms with Gasteiger partial charge in [-0.1, -0.05) is 27.7 Å². The number of rotatable bonds is 6. The van der Waals surface area contributed by atoms with Gasteiger partial charge in [-0.25, -0.2) is 9.97 Å². The number of thiazole rings is 1. The van der Waals surface area contributed by atoms with Crippen LogP contribution in [-0.2, 0) is 24.8 Å². The third kappa shape index (κ3) is 5.33. The number of nitrogens with one attached hydrogen (secondary N) is 2. The van der Waals surface area contributed by atoms with E-state index in [4.69, 9.17) is 4.42 Å². The highest BCUT2D eigenvalue weighted by atomic mass is 32.1. The van der Waals surface area contributed by atoms with Crippen molar-refractivity contribution >= 4 is 17.3 Å². The maximum Gasteiger partial charge on any atom is 0.213 e. The lowest BCUT2D eigenvalue weighted by atomic mass is 9.94. The van der Waals surface area contributed by atoms with Crippen LogP contribution in [0.15, 0.2) is 21.8 Å². The molecule has 0 aliphatic carbocycles. The average molecular weight is 350 g/mol. The van der Waals surface area contributed by atoms with Gasteiger partial charge >= 0.3 is 0 Å². The van der Waals surface area contributed by atoms with Crippen LogP contribution in [0.2, 0.25) is 0 Å². The summed E-state index contributed by atoms with van der Waals surface area (Å²) in [5.74, 6) is 2.28. The number of aliphatic imine (C=N–C) groups is 1. The van der Waals surface area contributed by atoms with E-state index in [0.717, 1.165) is 36.1 Å². The average Bonchev–Trinajstić information content (AvgIpc) is 3.19. The van der Waals surface area contributed by atoms with Gasteiger partial charge in [0.1, 0.15) is 5.76 Å². The standard InChI is InChI=1S/C17H27N5OS/c1-6-12-9-21-15(24-12)7-8-19-16(18-5)22-11-14-20-10-13(23-14)17(2,3)4/h9-10H,6-8,11H2,1-5H3,(H2,18,19,22). The fourth-order valence-corrected chi connectivity index (χ4v) is 2.90. The number of aromatic nitrogens is 2. The van der Waals surface area contributed by atoms with Crippen LogP contribution >= 0.6 is 11.3 Å². The third-order valence-electron chi connectivity index (χ3n) is 3.50. The van der Waals surface area contributed by atoms with Gasteiger partial charge in [-0.15, -0.1) is 11.3 Å². The van der Waals surface area contributed by atoms with Crippen molar-refractivity contribution in [3.05, 3.63) is 33.9 Å². The van der Waals surface area contributed by atoms with E-state index in [2.05, 4.69) is 53.3 Å². The van der Waals surface area contributed by atoms with E-state index >= 15 is 0 Å². The molecule has 0 spiro atoms. The van der Waals surface area contributed by atoms with Crippen molar-refractivity contribution in [2.24, 2.45) is 4.99 Å². The molecule has 132 valence electrons. The number of aryl methyl sites for hydroxylation is 1. The van der Waals surface area contributed by atoms with Crippen molar-refractivity contribution in [3.63, 3.8) is 0 Å². The van der Waals surface area contributed by atoms with E-state index in [1.54, 1.807) is 24.6 Å². The Morgan fingerprint density at radius 3 is 2.62 bits per heavy atom. The van der Waals surface area contributed by atoms with Gasteiger partial charge in [0.05, 0.1) is 17.7 Å². The minimum Gasteiger partial charge on any atom is -0.443 e. The van der Waals surface area contributed by atoms with Crippen LogP contribution in [0.3, 0.4) is 0 Å². The molecule has 2 heterocycles. The monoisotopic (exact) mass is 349 g/mol. The molecule has 0 bridgehead atoms. The van der Waals surface area contributed by atoms with E-state index in [0.29, 0.717) is 12.4 Å². The smallest absolute Gasteiger partial charge is 0.213 e. The molecular formula is C17H27N5OS. The van der Waals surface area contributed by atoms with Crippen molar-refractivity contribution in [1.29, 1.82) is 0 Å². The summed E-state index contributed by atoms with van der Waals surface area (Å²) in [5, 5.41) is 7.66. The van der Waals surface area contributed by atoms with Gasteiger partial charge in [0.2, 0.25) is 5.89 Å². The Morgan fingerprint density at radius 1 is 1.25 bits per heavy atom. The Labute approximate surface area is 147 Å². The fraction of sp³-hybridized carbons (Fsp3) is 0.588. The Morgan fingerprint density at radius 2 is 2.04 bits per heavy atom. The van der Waals surface area contributed by atoms with Gasteiger partial charge in [0, 0.05) is 36.5 Å². The largest absolute Gasteiger partial charge is 0.443 e. The summed E-state index contributed by atoms with van der Waals surface area (Å²) >= 11 is 1.77. The molecule has 6 nitrogen and oxygen atoms in total. The first kappa shape index (κ1) is 18.4. The number of guanidine groups is 1. The summed E-state index contributed by atoms with van der Waals surface area (Å²) < 4.78 is 5.77. The van der Waals surface area contributed by atoms with Gasteiger partial charge in [0.25, 0.3) is 0 Å². The van der Waals surface area contributed by atoms with Gasteiger partial charge in [0.15, 0.2) is 5.96 Å². The summed E-state index contributed by atoms with van der Waals surface area (Å²) in [7, 11) is 1.75. The van der Waals surface area contributed by atoms with Crippen LogP contribution < -0.4 is 10.6 Å². The zero-order chi connectivity index (χ0) is 17.6. The van der Waals surface area contributed by atoms with Gasteiger partial charge in [-0.3, -0.25) is 4.99 Å². The van der Waals surface area contributed by atoms with Crippen LogP contribution in [0.1, 0.15) is 49.2 Å².